The molecule has 18 heavy (non-hydrogen) atoms. The van der Waals surface area contributed by atoms with Gasteiger partial charge in [-0.25, -0.2) is 0 Å². The Morgan fingerprint density at radius 1 is 1.33 bits per heavy atom. The third kappa shape index (κ3) is 7.27. The van der Waals surface area contributed by atoms with E-state index in [1.54, 1.807) is 0 Å². The van der Waals surface area contributed by atoms with Crippen LogP contribution in [0, 0.1) is 0 Å². The zero-order valence-corrected chi connectivity index (χ0v) is 11.2. The van der Waals surface area contributed by atoms with Crippen molar-refractivity contribution in [2.45, 2.75) is 64.0 Å². The Hall–Kier alpha value is -1.10. The van der Waals surface area contributed by atoms with Crippen LogP contribution < -0.4 is 16.4 Å². The summed E-state index contributed by atoms with van der Waals surface area (Å²) in [4.78, 5) is 22.8. The minimum absolute atomic E-state index is 0.0152. The molecule has 0 aromatic rings. The van der Waals surface area contributed by atoms with Crippen molar-refractivity contribution in [1.29, 1.82) is 0 Å². The predicted octanol–water partition coefficient (Wildman–Crippen LogP) is 0.679. The van der Waals surface area contributed by atoms with Crippen molar-refractivity contribution >= 4 is 11.8 Å². The predicted molar refractivity (Wildman–Crippen MR) is 70.9 cm³/mol. The zero-order chi connectivity index (χ0) is 13.4. The third-order valence-corrected chi connectivity index (χ3v) is 2.95. The molecule has 5 heteroatoms. The monoisotopic (exact) mass is 255 g/mol. The SMILES string of the molecule is CCCC(N)CC(=O)NCCCC(=O)NC1CC1. The van der Waals surface area contributed by atoms with Gasteiger partial charge in [0, 0.05) is 31.5 Å². The van der Waals surface area contributed by atoms with Crippen LogP contribution in [-0.2, 0) is 9.59 Å². The fourth-order valence-corrected chi connectivity index (χ4v) is 1.79. The highest BCUT2D eigenvalue weighted by molar-refractivity contribution is 5.77. The Morgan fingerprint density at radius 3 is 2.67 bits per heavy atom. The molecule has 1 rings (SSSR count). The maximum atomic E-state index is 11.5. The van der Waals surface area contributed by atoms with Crippen LogP contribution in [0.2, 0.25) is 0 Å². The molecule has 0 aromatic heterocycles. The summed E-state index contributed by atoms with van der Waals surface area (Å²) >= 11 is 0. The second-order valence-corrected chi connectivity index (χ2v) is 5.05. The average molecular weight is 255 g/mol. The first kappa shape index (κ1) is 15.0. The van der Waals surface area contributed by atoms with Gasteiger partial charge in [0.2, 0.25) is 11.8 Å². The Labute approximate surface area is 109 Å². The molecule has 0 bridgehead atoms. The lowest BCUT2D eigenvalue weighted by Crippen LogP contribution is -2.33. The molecule has 5 nitrogen and oxygen atoms in total. The van der Waals surface area contributed by atoms with Crippen molar-refractivity contribution in [3.8, 4) is 0 Å². The van der Waals surface area contributed by atoms with Crippen LogP contribution in [-0.4, -0.2) is 30.4 Å². The second kappa shape index (κ2) is 8.08. The van der Waals surface area contributed by atoms with Crippen LogP contribution in [0.1, 0.15) is 51.9 Å². The molecular formula is C13H25N3O2. The highest BCUT2D eigenvalue weighted by atomic mass is 16.2. The van der Waals surface area contributed by atoms with Crippen LogP contribution >= 0.6 is 0 Å². The van der Waals surface area contributed by atoms with Crippen molar-refractivity contribution in [2.24, 2.45) is 5.73 Å². The van der Waals surface area contributed by atoms with E-state index in [0.29, 0.717) is 31.8 Å². The molecule has 0 radical (unpaired) electrons. The van der Waals surface area contributed by atoms with Crippen LogP contribution in [0.5, 0.6) is 0 Å². The number of hydrogen-bond acceptors (Lipinski definition) is 3. The van der Waals surface area contributed by atoms with Crippen molar-refractivity contribution in [3.05, 3.63) is 0 Å². The van der Waals surface area contributed by atoms with Crippen molar-refractivity contribution in [1.82, 2.24) is 10.6 Å². The molecule has 1 unspecified atom stereocenters. The molecule has 0 aliphatic heterocycles. The Morgan fingerprint density at radius 2 is 2.06 bits per heavy atom. The van der Waals surface area contributed by atoms with Gasteiger partial charge < -0.3 is 16.4 Å². The Balaban J connectivity index is 1.95. The van der Waals surface area contributed by atoms with Gasteiger partial charge in [0.25, 0.3) is 0 Å². The molecule has 104 valence electrons. The van der Waals surface area contributed by atoms with Gasteiger partial charge in [-0.3, -0.25) is 9.59 Å². The molecule has 2 amide bonds. The quantitative estimate of drug-likeness (QED) is 0.530. The zero-order valence-electron chi connectivity index (χ0n) is 11.2. The van der Waals surface area contributed by atoms with Gasteiger partial charge in [0.15, 0.2) is 0 Å². The van der Waals surface area contributed by atoms with E-state index in [-0.39, 0.29) is 17.9 Å². The first-order valence-corrected chi connectivity index (χ1v) is 6.93. The summed E-state index contributed by atoms with van der Waals surface area (Å²) in [6.45, 7) is 2.60. The molecule has 4 N–H and O–H groups in total. The molecule has 0 heterocycles. The summed E-state index contributed by atoms with van der Waals surface area (Å²) in [6.07, 6.45) is 5.63. The first-order chi connectivity index (χ1) is 8.61. The van der Waals surface area contributed by atoms with Crippen molar-refractivity contribution < 1.29 is 9.59 Å². The summed E-state index contributed by atoms with van der Waals surface area (Å²) < 4.78 is 0. The largest absolute Gasteiger partial charge is 0.356 e. The summed E-state index contributed by atoms with van der Waals surface area (Å²) in [5, 5.41) is 5.72. The van der Waals surface area contributed by atoms with Gasteiger partial charge in [-0.05, 0) is 25.7 Å². The first-order valence-electron chi connectivity index (χ1n) is 6.93. The number of rotatable bonds is 9. The van der Waals surface area contributed by atoms with E-state index in [1.165, 1.54) is 0 Å². The number of nitrogens with one attached hydrogen (secondary N) is 2. The summed E-state index contributed by atoms with van der Waals surface area (Å²) in [5.41, 5.74) is 5.77. The smallest absolute Gasteiger partial charge is 0.221 e. The molecule has 1 saturated carbocycles. The average Bonchev–Trinajstić information content (AvgIpc) is 3.08. The van der Waals surface area contributed by atoms with E-state index in [1.807, 2.05) is 0 Å². The van der Waals surface area contributed by atoms with Gasteiger partial charge in [0.05, 0.1) is 0 Å². The third-order valence-electron chi connectivity index (χ3n) is 2.95. The second-order valence-electron chi connectivity index (χ2n) is 5.05. The highest BCUT2D eigenvalue weighted by Crippen LogP contribution is 2.18. The van der Waals surface area contributed by atoms with Crippen molar-refractivity contribution in [2.75, 3.05) is 6.54 Å². The maximum Gasteiger partial charge on any atom is 0.221 e. The van der Waals surface area contributed by atoms with E-state index in [9.17, 15) is 9.59 Å². The van der Waals surface area contributed by atoms with E-state index in [0.717, 1.165) is 25.7 Å². The fourth-order valence-electron chi connectivity index (χ4n) is 1.79. The minimum Gasteiger partial charge on any atom is -0.356 e. The van der Waals surface area contributed by atoms with Crippen LogP contribution in [0.25, 0.3) is 0 Å². The highest BCUT2D eigenvalue weighted by Gasteiger charge is 2.22. The van der Waals surface area contributed by atoms with Gasteiger partial charge >= 0.3 is 0 Å². The lowest BCUT2D eigenvalue weighted by Gasteiger charge is -2.10. The van der Waals surface area contributed by atoms with E-state index >= 15 is 0 Å². The van der Waals surface area contributed by atoms with Crippen LogP contribution in [0.3, 0.4) is 0 Å². The van der Waals surface area contributed by atoms with Crippen LogP contribution in [0.15, 0.2) is 0 Å². The number of hydrogen-bond donors (Lipinski definition) is 3. The van der Waals surface area contributed by atoms with Gasteiger partial charge in [0.1, 0.15) is 0 Å². The molecular weight excluding hydrogens is 230 g/mol. The molecule has 0 aromatic carbocycles. The number of nitrogens with two attached hydrogens (primary N) is 1. The topological polar surface area (TPSA) is 84.2 Å². The standard InChI is InChI=1S/C13H25N3O2/c1-2-4-10(14)9-13(18)15-8-3-5-12(17)16-11-6-7-11/h10-11H,2-9,14H2,1H3,(H,15,18)(H,16,17). The van der Waals surface area contributed by atoms with Crippen LogP contribution in [0.4, 0.5) is 0 Å². The lowest BCUT2D eigenvalue weighted by atomic mass is 10.1. The molecule has 1 aliphatic carbocycles. The molecule has 0 saturated heterocycles. The van der Waals surface area contributed by atoms with E-state index < -0.39 is 0 Å². The number of carbonyl (C=O) groups excluding carboxylic acids is 2. The van der Waals surface area contributed by atoms with Crippen molar-refractivity contribution in [3.63, 3.8) is 0 Å². The number of carbonyl (C=O) groups is 2. The fraction of sp³-hybridized carbons (Fsp3) is 0.846. The number of amides is 2. The Kier molecular flexibility index (Phi) is 6.72. The minimum atomic E-state index is -0.0480. The summed E-state index contributed by atoms with van der Waals surface area (Å²) in [5.74, 6) is 0.0768. The molecule has 0 spiro atoms. The Bertz CT molecular complexity index is 277. The molecule has 1 aliphatic rings. The molecule has 1 atom stereocenters. The lowest BCUT2D eigenvalue weighted by molar-refractivity contribution is -0.123. The van der Waals surface area contributed by atoms with Gasteiger partial charge in [-0.1, -0.05) is 13.3 Å². The van der Waals surface area contributed by atoms with Gasteiger partial charge in [-0.2, -0.15) is 0 Å². The molecule has 1 fully saturated rings. The van der Waals surface area contributed by atoms with Gasteiger partial charge in [-0.15, -0.1) is 0 Å². The summed E-state index contributed by atoms with van der Waals surface area (Å²) in [7, 11) is 0. The van der Waals surface area contributed by atoms with E-state index in [2.05, 4.69) is 17.6 Å². The van der Waals surface area contributed by atoms with E-state index in [4.69, 9.17) is 5.73 Å². The maximum absolute atomic E-state index is 11.5. The normalized spacial score (nSPS) is 16.1. The summed E-state index contributed by atoms with van der Waals surface area (Å²) in [6, 6.07) is 0.368.